The highest BCUT2D eigenvalue weighted by Crippen LogP contribution is 2.24. The first-order valence-electron chi connectivity index (χ1n) is 8.55. The Balaban J connectivity index is 2.11. The summed E-state index contributed by atoms with van der Waals surface area (Å²) in [5.74, 6) is 0.736. The maximum absolute atomic E-state index is 12.7. The summed E-state index contributed by atoms with van der Waals surface area (Å²) in [6.07, 6.45) is 2.48. The SMILES string of the molecule is COc1ccc(NC(=O)C(CCSC)NC(=O)c2cccc(C)c2)cc1N. The van der Waals surface area contributed by atoms with E-state index in [0.717, 1.165) is 11.3 Å². The standard InChI is InChI=1S/C20H25N3O3S/c1-13-5-4-6-14(11-13)19(24)23-17(9-10-27-3)20(25)22-15-7-8-18(26-2)16(21)12-15/h4-8,11-12,17H,9-10,21H2,1-3H3,(H,22,25)(H,23,24). The van der Waals surface area contributed by atoms with Crippen LogP contribution in [0.4, 0.5) is 11.4 Å². The van der Waals surface area contributed by atoms with Crippen LogP contribution in [-0.4, -0.2) is 37.0 Å². The quantitative estimate of drug-likeness (QED) is 0.605. The van der Waals surface area contributed by atoms with Crippen molar-refractivity contribution in [1.82, 2.24) is 5.32 Å². The fraction of sp³-hybridized carbons (Fsp3) is 0.300. The molecule has 2 rings (SSSR count). The fourth-order valence-electron chi connectivity index (χ4n) is 2.57. The van der Waals surface area contributed by atoms with Crippen LogP contribution in [0.25, 0.3) is 0 Å². The number of thioether (sulfide) groups is 1. The number of hydrogen-bond acceptors (Lipinski definition) is 5. The molecule has 7 heteroatoms. The maximum atomic E-state index is 12.7. The summed E-state index contributed by atoms with van der Waals surface area (Å²) in [4.78, 5) is 25.2. The summed E-state index contributed by atoms with van der Waals surface area (Å²) in [6, 6.07) is 11.6. The predicted octanol–water partition coefficient (Wildman–Crippen LogP) is 3.08. The van der Waals surface area contributed by atoms with Crippen molar-refractivity contribution in [3.63, 3.8) is 0 Å². The first-order chi connectivity index (χ1) is 12.9. The van der Waals surface area contributed by atoms with E-state index in [9.17, 15) is 9.59 Å². The third-order valence-corrected chi connectivity index (χ3v) is 4.65. The molecule has 144 valence electrons. The number of benzene rings is 2. The molecule has 1 atom stereocenters. The number of ether oxygens (including phenoxy) is 1. The van der Waals surface area contributed by atoms with Gasteiger partial charge in [0.25, 0.3) is 5.91 Å². The number of nitrogens with two attached hydrogens (primary N) is 1. The lowest BCUT2D eigenvalue weighted by atomic mass is 10.1. The highest BCUT2D eigenvalue weighted by molar-refractivity contribution is 7.98. The number of hydrogen-bond donors (Lipinski definition) is 3. The lowest BCUT2D eigenvalue weighted by molar-refractivity contribution is -0.118. The van der Waals surface area contributed by atoms with Crippen molar-refractivity contribution in [3.8, 4) is 5.75 Å². The van der Waals surface area contributed by atoms with Gasteiger partial charge in [0.2, 0.25) is 5.91 Å². The Morgan fingerprint density at radius 2 is 2.00 bits per heavy atom. The van der Waals surface area contributed by atoms with Gasteiger partial charge in [-0.15, -0.1) is 0 Å². The molecular weight excluding hydrogens is 362 g/mol. The molecule has 0 spiro atoms. The van der Waals surface area contributed by atoms with Gasteiger partial charge in [-0.1, -0.05) is 17.7 Å². The number of nitrogens with one attached hydrogen (secondary N) is 2. The zero-order chi connectivity index (χ0) is 19.8. The van der Waals surface area contributed by atoms with Gasteiger partial charge < -0.3 is 21.1 Å². The monoisotopic (exact) mass is 387 g/mol. The van der Waals surface area contributed by atoms with Crippen molar-refractivity contribution in [2.75, 3.05) is 30.2 Å². The molecular formula is C20H25N3O3S. The van der Waals surface area contributed by atoms with Gasteiger partial charge in [-0.25, -0.2) is 0 Å². The lowest BCUT2D eigenvalue weighted by Gasteiger charge is -2.19. The number of aryl methyl sites for hydroxylation is 1. The molecule has 0 aliphatic heterocycles. The molecule has 2 amide bonds. The van der Waals surface area contributed by atoms with E-state index in [4.69, 9.17) is 10.5 Å². The average Bonchev–Trinajstić information content (AvgIpc) is 2.65. The number of anilines is 2. The summed E-state index contributed by atoms with van der Waals surface area (Å²) in [5, 5.41) is 5.65. The topological polar surface area (TPSA) is 93.5 Å². The summed E-state index contributed by atoms with van der Waals surface area (Å²) in [5.41, 5.74) is 8.39. The van der Waals surface area contributed by atoms with Crippen molar-refractivity contribution >= 4 is 35.0 Å². The minimum absolute atomic E-state index is 0.269. The van der Waals surface area contributed by atoms with E-state index in [-0.39, 0.29) is 11.8 Å². The van der Waals surface area contributed by atoms with Crippen LogP contribution < -0.4 is 21.1 Å². The molecule has 0 saturated carbocycles. The Kier molecular flexibility index (Phi) is 7.55. The minimum atomic E-state index is -0.645. The van der Waals surface area contributed by atoms with Crippen LogP contribution in [0.5, 0.6) is 5.75 Å². The van der Waals surface area contributed by atoms with Crippen LogP contribution in [0.2, 0.25) is 0 Å². The number of nitrogen functional groups attached to an aromatic ring is 1. The largest absolute Gasteiger partial charge is 0.495 e. The van der Waals surface area contributed by atoms with E-state index in [1.807, 2.05) is 25.3 Å². The molecule has 0 bridgehead atoms. The van der Waals surface area contributed by atoms with E-state index in [2.05, 4.69) is 10.6 Å². The second kappa shape index (κ2) is 9.87. The van der Waals surface area contributed by atoms with Gasteiger partial charge in [0.05, 0.1) is 12.8 Å². The lowest BCUT2D eigenvalue weighted by Crippen LogP contribution is -2.44. The van der Waals surface area contributed by atoms with Crippen molar-refractivity contribution in [1.29, 1.82) is 0 Å². The van der Waals surface area contributed by atoms with Gasteiger partial charge in [0.15, 0.2) is 0 Å². The maximum Gasteiger partial charge on any atom is 0.251 e. The summed E-state index contributed by atoms with van der Waals surface area (Å²) in [6.45, 7) is 1.92. The van der Waals surface area contributed by atoms with Crippen molar-refractivity contribution < 1.29 is 14.3 Å². The number of rotatable bonds is 8. The first kappa shape index (κ1) is 20.6. The van der Waals surface area contributed by atoms with E-state index < -0.39 is 6.04 Å². The van der Waals surface area contributed by atoms with Gasteiger partial charge in [0, 0.05) is 11.3 Å². The van der Waals surface area contributed by atoms with Crippen LogP contribution in [0.15, 0.2) is 42.5 Å². The molecule has 0 fully saturated rings. The molecule has 0 heterocycles. The first-order valence-corrected chi connectivity index (χ1v) is 9.95. The normalized spacial score (nSPS) is 11.5. The molecule has 0 radical (unpaired) electrons. The Labute approximate surface area is 163 Å². The highest BCUT2D eigenvalue weighted by Gasteiger charge is 2.21. The van der Waals surface area contributed by atoms with Gasteiger partial charge in [-0.2, -0.15) is 11.8 Å². The van der Waals surface area contributed by atoms with Gasteiger partial charge in [0.1, 0.15) is 11.8 Å². The Morgan fingerprint density at radius 1 is 1.22 bits per heavy atom. The summed E-state index contributed by atoms with van der Waals surface area (Å²) in [7, 11) is 1.53. The molecule has 0 aliphatic rings. The highest BCUT2D eigenvalue weighted by atomic mass is 32.2. The Hall–Kier alpha value is -2.67. The molecule has 1 unspecified atom stereocenters. The zero-order valence-corrected chi connectivity index (χ0v) is 16.6. The van der Waals surface area contributed by atoms with E-state index in [1.165, 1.54) is 7.11 Å². The summed E-state index contributed by atoms with van der Waals surface area (Å²) < 4.78 is 5.12. The third kappa shape index (κ3) is 5.92. The average molecular weight is 388 g/mol. The number of amides is 2. The molecule has 4 N–H and O–H groups in total. The number of carbonyl (C=O) groups is 2. The zero-order valence-electron chi connectivity index (χ0n) is 15.7. The minimum Gasteiger partial charge on any atom is -0.495 e. The van der Waals surface area contributed by atoms with Crippen LogP contribution in [-0.2, 0) is 4.79 Å². The molecule has 0 saturated heterocycles. The smallest absolute Gasteiger partial charge is 0.251 e. The molecule has 6 nitrogen and oxygen atoms in total. The molecule has 2 aromatic carbocycles. The van der Waals surface area contributed by atoms with Crippen LogP contribution in [0.1, 0.15) is 22.3 Å². The second-order valence-corrected chi connectivity index (χ2v) is 7.11. The molecule has 27 heavy (non-hydrogen) atoms. The van der Waals surface area contributed by atoms with Crippen molar-refractivity contribution in [2.24, 2.45) is 0 Å². The van der Waals surface area contributed by atoms with E-state index in [0.29, 0.717) is 29.1 Å². The van der Waals surface area contributed by atoms with Crippen molar-refractivity contribution in [2.45, 2.75) is 19.4 Å². The van der Waals surface area contributed by atoms with Crippen LogP contribution >= 0.6 is 11.8 Å². The summed E-state index contributed by atoms with van der Waals surface area (Å²) >= 11 is 1.62. The second-order valence-electron chi connectivity index (χ2n) is 6.12. The predicted molar refractivity (Wildman–Crippen MR) is 111 cm³/mol. The molecule has 0 aliphatic carbocycles. The fourth-order valence-corrected chi connectivity index (χ4v) is 3.05. The van der Waals surface area contributed by atoms with Crippen LogP contribution in [0.3, 0.4) is 0 Å². The number of methoxy groups -OCH3 is 1. The molecule has 0 aromatic heterocycles. The van der Waals surface area contributed by atoms with Gasteiger partial charge in [-0.3, -0.25) is 9.59 Å². The van der Waals surface area contributed by atoms with E-state index in [1.54, 1.807) is 42.1 Å². The van der Waals surface area contributed by atoms with E-state index >= 15 is 0 Å². The van der Waals surface area contributed by atoms with Crippen LogP contribution in [0, 0.1) is 6.92 Å². The number of carbonyl (C=O) groups excluding carboxylic acids is 2. The molecule has 2 aromatic rings. The van der Waals surface area contributed by atoms with Crippen molar-refractivity contribution in [3.05, 3.63) is 53.6 Å². The van der Waals surface area contributed by atoms with Gasteiger partial charge in [-0.05, 0) is 55.7 Å². The Bertz CT molecular complexity index is 811. The Morgan fingerprint density at radius 3 is 2.63 bits per heavy atom. The van der Waals surface area contributed by atoms with Gasteiger partial charge >= 0.3 is 0 Å². The third-order valence-electron chi connectivity index (χ3n) is 4.01.